The van der Waals surface area contributed by atoms with Crippen molar-refractivity contribution in [2.24, 2.45) is 0 Å². The zero-order valence-corrected chi connectivity index (χ0v) is 12.0. The molecule has 0 saturated carbocycles. The molecular formula is C11H22N2O2S2. The fourth-order valence-electron chi connectivity index (χ4n) is 2.48. The SMILES string of the molecule is CCS(=O)(=O)N1CCC(NC2CCSC2)CC1. The maximum Gasteiger partial charge on any atom is 0.213 e. The summed E-state index contributed by atoms with van der Waals surface area (Å²) in [5.41, 5.74) is 0. The number of hydrogen-bond acceptors (Lipinski definition) is 4. The standard InChI is InChI=1S/C11H22N2O2S2/c1-2-17(14,15)13-6-3-10(4-7-13)12-11-5-8-16-9-11/h10-12H,2-9H2,1H3. The number of hydrogen-bond donors (Lipinski definition) is 1. The fourth-order valence-corrected chi connectivity index (χ4v) is 4.78. The van der Waals surface area contributed by atoms with Gasteiger partial charge in [0.25, 0.3) is 0 Å². The van der Waals surface area contributed by atoms with Crippen molar-refractivity contribution < 1.29 is 8.42 Å². The zero-order chi connectivity index (χ0) is 12.3. The molecule has 2 fully saturated rings. The lowest BCUT2D eigenvalue weighted by Crippen LogP contribution is -2.48. The molecule has 0 aromatic rings. The molecule has 0 aliphatic carbocycles. The summed E-state index contributed by atoms with van der Waals surface area (Å²) in [7, 11) is -2.97. The first kappa shape index (κ1) is 13.6. The van der Waals surface area contributed by atoms with Crippen molar-refractivity contribution in [1.82, 2.24) is 9.62 Å². The second kappa shape index (κ2) is 5.91. The van der Waals surface area contributed by atoms with E-state index in [0.717, 1.165) is 12.8 Å². The maximum absolute atomic E-state index is 11.7. The maximum atomic E-state index is 11.7. The molecule has 0 spiro atoms. The molecule has 1 unspecified atom stereocenters. The summed E-state index contributed by atoms with van der Waals surface area (Å²) in [6, 6.07) is 1.17. The molecule has 2 aliphatic heterocycles. The van der Waals surface area contributed by atoms with Crippen LogP contribution in [0.25, 0.3) is 0 Å². The predicted octanol–water partition coefficient (Wildman–Crippen LogP) is 0.896. The van der Waals surface area contributed by atoms with E-state index >= 15 is 0 Å². The quantitative estimate of drug-likeness (QED) is 0.830. The lowest BCUT2D eigenvalue weighted by molar-refractivity contribution is 0.277. The van der Waals surface area contributed by atoms with E-state index < -0.39 is 10.0 Å². The molecule has 0 radical (unpaired) electrons. The van der Waals surface area contributed by atoms with E-state index in [4.69, 9.17) is 0 Å². The van der Waals surface area contributed by atoms with Crippen molar-refractivity contribution in [1.29, 1.82) is 0 Å². The van der Waals surface area contributed by atoms with Crippen molar-refractivity contribution in [2.75, 3.05) is 30.3 Å². The summed E-state index contributed by atoms with van der Waals surface area (Å²) in [4.78, 5) is 0. The van der Waals surface area contributed by atoms with E-state index in [1.807, 2.05) is 11.8 Å². The van der Waals surface area contributed by atoms with Crippen molar-refractivity contribution in [3.8, 4) is 0 Å². The molecular weight excluding hydrogens is 256 g/mol. The highest BCUT2D eigenvalue weighted by atomic mass is 32.2. The first-order chi connectivity index (χ1) is 8.12. The van der Waals surface area contributed by atoms with E-state index in [-0.39, 0.29) is 5.75 Å². The summed E-state index contributed by atoms with van der Waals surface area (Å²) in [6.07, 6.45) is 3.18. The van der Waals surface area contributed by atoms with Crippen LogP contribution in [0.5, 0.6) is 0 Å². The number of rotatable bonds is 4. The third-order valence-corrected chi connectivity index (χ3v) is 6.66. The van der Waals surface area contributed by atoms with Crippen LogP contribution in [0.1, 0.15) is 26.2 Å². The van der Waals surface area contributed by atoms with Gasteiger partial charge in [-0.3, -0.25) is 0 Å². The van der Waals surface area contributed by atoms with Crippen LogP contribution >= 0.6 is 11.8 Å². The Morgan fingerprint density at radius 2 is 1.94 bits per heavy atom. The molecule has 2 aliphatic rings. The topological polar surface area (TPSA) is 49.4 Å². The van der Waals surface area contributed by atoms with Crippen molar-refractivity contribution in [3.05, 3.63) is 0 Å². The molecule has 100 valence electrons. The van der Waals surface area contributed by atoms with Crippen LogP contribution in [-0.2, 0) is 10.0 Å². The molecule has 17 heavy (non-hydrogen) atoms. The minimum absolute atomic E-state index is 0.227. The molecule has 1 N–H and O–H groups in total. The lowest BCUT2D eigenvalue weighted by atomic mass is 10.1. The van der Waals surface area contributed by atoms with E-state index in [1.165, 1.54) is 17.9 Å². The van der Waals surface area contributed by atoms with Crippen LogP contribution in [0.4, 0.5) is 0 Å². The van der Waals surface area contributed by atoms with E-state index in [2.05, 4.69) is 5.32 Å². The second-order valence-electron chi connectivity index (χ2n) is 4.80. The van der Waals surface area contributed by atoms with E-state index in [0.29, 0.717) is 25.2 Å². The molecule has 2 rings (SSSR count). The van der Waals surface area contributed by atoms with Crippen LogP contribution in [0.3, 0.4) is 0 Å². The van der Waals surface area contributed by atoms with Gasteiger partial charge in [0.2, 0.25) is 10.0 Å². The van der Waals surface area contributed by atoms with Gasteiger partial charge in [0.05, 0.1) is 5.75 Å². The van der Waals surface area contributed by atoms with Gasteiger partial charge in [0.1, 0.15) is 0 Å². The zero-order valence-electron chi connectivity index (χ0n) is 10.4. The largest absolute Gasteiger partial charge is 0.310 e. The first-order valence-electron chi connectivity index (χ1n) is 6.43. The second-order valence-corrected chi connectivity index (χ2v) is 8.21. The summed E-state index contributed by atoms with van der Waals surface area (Å²) >= 11 is 2.01. The van der Waals surface area contributed by atoms with Crippen molar-refractivity contribution in [3.63, 3.8) is 0 Å². The van der Waals surface area contributed by atoms with Gasteiger partial charge in [-0.25, -0.2) is 12.7 Å². The summed E-state index contributed by atoms with van der Waals surface area (Å²) in [5, 5.41) is 3.67. The van der Waals surface area contributed by atoms with Crippen LogP contribution in [0, 0.1) is 0 Å². The third-order valence-electron chi connectivity index (χ3n) is 3.61. The van der Waals surface area contributed by atoms with Crippen LogP contribution in [0.15, 0.2) is 0 Å². The Morgan fingerprint density at radius 1 is 1.24 bits per heavy atom. The third kappa shape index (κ3) is 3.59. The molecule has 0 aromatic carbocycles. The van der Waals surface area contributed by atoms with Crippen LogP contribution in [0.2, 0.25) is 0 Å². The number of sulfonamides is 1. The van der Waals surface area contributed by atoms with Crippen LogP contribution in [-0.4, -0.2) is 55.2 Å². The Hall–Kier alpha value is 0.220. The number of thioether (sulfide) groups is 1. The Bertz CT molecular complexity index is 331. The normalized spacial score (nSPS) is 28.6. The summed E-state index contributed by atoms with van der Waals surface area (Å²) in [6.45, 7) is 3.09. The predicted molar refractivity (Wildman–Crippen MR) is 72.9 cm³/mol. The Morgan fingerprint density at radius 3 is 2.47 bits per heavy atom. The number of nitrogens with zero attached hydrogens (tertiary/aromatic N) is 1. The van der Waals surface area contributed by atoms with Gasteiger partial charge in [-0.15, -0.1) is 0 Å². The Kier molecular flexibility index (Phi) is 4.74. The average Bonchev–Trinajstić information content (AvgIpc) is 2.83. The molecule has 1 atom stereocenters. The minimum Gasteiger partial charge on any atom is -0.310 e. The van der Waals surface area contributed by atoms with Crippen molar-refractivity contribution in [2.45, 2.75) is 38.3 Å². The molecule has 0 aromatic heterocycles. The summed E-state index contributed by atoms with van der Waals surface area (Å²) < 4.78 is 25.1. The van der Waals surface area contributed by atoms with Crippen molar-refractivity contribution >= 4 is 21.8 Å². The fraction of sp³-hybridized carbons (Fsp3) is 1.00. The minimum atomic E-state index is -2.97. The molecule has 0 bridgehead atoms. The smallest absolute Gasteiger partial charge is 0.213 e. The molecule has 2 heterocycles. The first-order valence-corrected chi connectivity index (χ1v) is 9.20. The molecule has 4 nitrogen and oxygen atoms in total. The Balaban J connectivity index is 1.77. The van der Waals surface area contributed by atoms with Gasteiger partial charge in [0, 0.05) is 30.9 Å². The van der Waals surface area contributed by atoms with Crippen LogP contribution < -0.4 is 5.32 Å². The Labute approximate surface area is 109 Å². The molecule has 6 heteroatoms. The van der Waals surface area contributed by atoms with Gasteiger partial charge < -0.3 is 5.32 Å². The molecule has 2 saturated heterocycles. The van der Waals surface area contributed by atoms with Gasteiger partial charge in [-0.2, -0.15) is 11.8 Å². The summed E-state index contributed by atoms with van der Waals surface area (Å²) in [5.74, 6) is 2.71. The van der Waals surface area contributed by atoms with Gasteiger partial charge in [0.15, 0.2) is 0 Å². The van der Waals surface area contributed by atoms with Gasteiger partial charge in [-0.1, -0.05) is 0 Å². The van der Waals surface area contributed by atoms with E-state index in [1.54, 1.807) is 11.2 Å². The van der Waals surface area contributed by atoms with Gasteiger partial charge >= 0.3 is 0 Å². The lowest BCUT2D eigenvalue weighted by Gasteiger charge is -2.32. The average molecular weight is 278 g/mol. The highest BCUT2D eigenvalue weighted by molar-refractivity contribution is 7.99. The van der Waals surface area contributed by atoms with E-state index in [9.17, 15) is 8.42 Å². The monoisotopic (exact) mass is 278 g/mol. The molecule has 0 amide bonds. The highest BCUT2D eigenvalue weighted by Crippen LogP contribution is 2.20. The number of nitrogens with one attached hydrogen (secondary N) is 1. The van der Waals surface area contributed by atoms with Gasteiger partial charge in [-0.05, 0) is 31.9 Å². The highest BCUT2D eigenvalue weighted by Gasteiger charge is 2.28. The number of piperidine rings is 1.